The minimum absolute atomic E-state index is 0.0393. The Morgan fingerprint density at radius 1 is 0.800 bits per heavy atom. The van der Waals surface area contributed by atoms with Crippen LogP contribution in [0.5, 0.6) is 11.5 Å². The van der Waals surface area contributed by atoms with Gasteiger partial charge in [0.05, 0.1) is 57.1 Å². The number of aryl methyl sites for hydroxylation is 1. The van der Waals surface area contributed by atoms with Crippen LogP contribution in [0.2, 0.25) is 0 Å². The van der Waals surface area contributed by atoms with Crippen LogP contribution in [0, 0.1) is 18.3 Å². The van der Waals surface area contributed by atoms with Gasteiger partial charge in [0.2, 0.25) is 0 Å². The molecule has 0 spiro atoms. The fourth-order valence-electron chi connectivity index (χ4n) is 8.65. The van der Waals surface area contributed by atoms with Crippen molar-refractivity contribution in [2.24, 2.45) is 0 Å². The summed E-state index contributed by atoms with van der Waals surface area (Å²) in [6, 6.07) is 32.3. The van der Waals surface area contributed by atoms with Gasteiger partial charge in [-0.25, -0.2) is 9.46 Å². The van der Waals surface area contributed by atoms with E-state index < -0.39 is 61.7 Å². The van der Waals surface area contributed by atoms with Crippen molar-refractivity contribution in [1.82, 2.24) is 19.1 Å². The minimum Gasteiger partial charge on any atom is -0.497 e. The highest BCUT2D eigenvalue weighted by Crippen LogP contribution is 2.49. The quantitative estimate of drug-likeness (QED) is 0.0375. The summed E-state index contributed by atoms with van der Waals surface area (Å²) in [4.78, 5) is 58.7. The number of nitrogens with zero attached hydrogens (tertiary/aromatic N) is 4. The Morgan fingerprint density at radius 2 is 1.34 bits per heavy atom. The predicted molar refractivity (Wildman–Crippen MR) is 244 cm³/mol. The van der Waals surface area contributed by atoms with Gasteiger partial charge >= 0.3 is 5.69 Å². The number of fused-ring (bicyclic) bond motifs is 1. The van der Waals surface area contributed by atoms with Gasteiger partial charge in [-0.15, -0.1) is 0 Å². The van der Waals surface area contributed by atoms with Crippen molar-refractivity contribution >= 4 is 20.3 Å². The van der Waals surface area contributed by atoms with E-state index in [4.69, 9.17) is 28.0 Å². The normalized spacial score (nSPS) is 18.3. The van der Waals surface area contributed by atoms with Crippen LogP contribution in [0.15, 0.2) is 119 Å². The molecule has 15 nitrogen and oxygen atoms in total. The molecule has 0 aliphatic carbocycles. The monoisotopic (exact) mass is 903 g/mol. The van der Waals surface area contributed by atoms with Crippen LogP contribution < -0.4 is 20.7 Å². The van der Waals surface area contributed by atoms with Gasteiger partial charge in [-0.1, -0.05) is 66.7 Å². The molecule has 3 heterocycles. The molecular weight excluding hydrogens is 850 g/mol. The number of nitriles is 1. The standard InChI is InChI=1S/C49H54N5O10P/c1-31(2)54(32(3)4)65(61-27-13-26-50)62-30-42(64-49(34-14-9-8-10-15-34,35-18-22-37(59-6)23-19-35)36-20-24-38(60-7)25-21-36)44-41(53-46(56)39-16-11-12-17-40(39)47(53)57)28-43(63-44)52-29-33(5)45(55)51-48(52)58/h8-12,14-25,29,31-32,41-44H,13,27-28,30H2,1-7H3,(H,51,55,58)/t41-,42-,43+,44+,65?/m1/s1. The maximum Gasteiger partial charge on any atom is 0.330 e. The summed E-state index contributed by atoms with van der Waals surface area (Å²) in [5.41, 5.74) is 0.105. The highest BCUT2D eigenvalue weighted by Gasteiger charge is 2.53. The molecule has 5 aromatic rings. The van der Waals surface area contributed by atoms with Gasteiger partial charge in [0, 0.05) is 30.3 Å². The van der Waals surface area contributed by atoms with Crippen molar-refractivity contribution in [3.05, 3.63) is 164 Å². The number of hydrogen-bond acceptors (Lipinski definition) is 12. The van der Waals surface area contributed by atoms with E-state index in [1.54, 1.807) is 45.4 Å². The Labute approximate surface area is 379 Å². The third-order valence-corrected chi connectivity index (χ3v) is 13.7. The molecule has 16 heteroatoms. The molecule has 7 rings (SSSR count). The van der Waals surface area contributed by atoms with Gasteiger partial charge in [0.25, 0.3) is 25.9 Å². The van der Waals surface area contributed by atoms with Crippen LogP contribution in [-0.2, 0) is 24.1 Å². The molecule has 0 bridgehead atoms. The Bertz CT molecular complexity index is 2520. The molecule has 2 aliphatic heterocycles. The molecular formula is C49H54N5O10P. The Balaban J connectivity index is 1.46. The Morgan fingerprint density at radius 3 is 1.86 bits per heavy atom. The lowest BCUT2D eigenvalue weighted by Crippen LogP contribution is -2.53. The summed E-state index contributed by atoms with van der Waals surface area (Å²) in [6.07, 6.45) is -1.89. The number of hydrogen-bond donors (Lipinski definition) is 1. The first-order valence-electron chi connectivity index (χ1n) is 21.5. The molecule has 1 fully saturated rings. The number of carbonyl (C=O) groups excluding carboxylic acids is 2. The molecule has 2 aliphatic rings. The summed E-state index contributed by atoms with van der Waals surface area (Å²) in [7, 11) is 1.32. The maximum atomic E-state index is 14.5. The van der Waals surface area contributed by atoms with E-state index in [0.29, 0.717) is 22.6 Å². The molecule has 1 aromatic heterocycles. The topological polar surface area (TPSA) is 175 Å². The van der Waals surface area contributed by atoms with Crippen LogP contribution >= 0.6 is 8.53 Å². The van der Waals surface area contributed by atoms with Gasteiger partial charge in [-0.05, 0) is 87.7 Å². The highest BCUT2D eigenvalue weighted by molar-refractivity contribution is 7.44. The molecule has 1 unspecified atom stereocenters. The van der Waals surface area contributed by atoms with E-state index in [-0.39, 0.29) is 54.8 Å². The first-order valence-corrected chi connectivity index (χ1v) is 22.6. The first kappa shape index (κ1) is 47.0. The van der Waals surface area contributed by atoms with E-state index >= 15 is 0 Å². The van der Waals surface area contributed by atoms with Crippen molar-refractivity contribution in [3.8, 4) is 17.6 Å². The number of amides is 2. The lowest BCUT2D eigenvalue weighted by atomic mass is 9.79. The number of carbonyl (C=O) groups is 2. The average Bonchev–Trinajstić information content (AvgIpc) is 3.85. The summed E-state index contributed by atoms with van der Waals surface area (Å²) < 4.78 is 42.6. The SMILES string of the molecule is COc1ccc(C(O[C@H](COP(OCCC#N)N(C(C)C)C(C)C)[C@H]2O[C@H](n3cc(C)c(=O)[nH]c3=O)C[C@H]2N2C(=O)c3ccccc3C2=O)(c2ccccc2)c2ccc(OC)cc2)cc1. The van der Waals surface area contributed by atoms with Gasteiger partial charge in [0.15, 0.2) is 0 Å². The third-order valence-electron chi connectivity index (χ3n) is 11.6. The summed E-state index contributed by atoms with van der Waals surface area (Å²) in [5, 5.41) is 9.49. The molecule has 2 amide bonds. The average molecular weight is 904 g/mol. The number of imide groups is 1. The smallest absolute Gasteiger partial charge is 0.330 e. The number of methoxy groups -OCH3 is 2. The summed E-state index contributed by atoms with van der Waals surface area (Å²) in [6.45, 7) is 9.57. The zero-order valence-corrected chi connectivity index (χ0v) is 38.4. The Kier molecular flexibility index (Phi) is 14.8. The van der Waals surface area contributed by atoms with E-state index in [9.17, 15) is 24.4 Å². The van der Waals surface area contributed by atoms with E-state index in [1.807, 2.05) is 107 Å². The van der Waals surface area contributed by atoms with Gasteiger partial charge in [0.1, 0.15) is 35.5 Å². The Hall–Kier alpha value is -5.98. The number of H-pyrrole nitrogens is 1. The molecule has 340 valence electrons. The molecule has 4 aromatic carbocycles. The van der Waals surface area contributed by atoms with E-state index in [1.165, 1.54) is 15.7 Å². The first-order chi connectivity index (χ1) is 31.3. The van der Waals surface area contributed by atoms with Gasteiger partial charge in [-0.3, -0.25) is 28.8 Å². The van der Waals surface area contributed by atoms with Crippen molar-refractivity contribution in [3.63, 3.8) is 0 Å². The zero-order chi connectivity index (χ0) is 46.4. The van der Waals surface area contributed by atoms with Gasteiger partial charge < -0.3 is 28.0 Å². The van der Waals surface area contributed by atoms with E-state index in [2.05, 4.69) is 15.7 Å². The third kappa shape index (κ3) is 9.56. The number of aromatic nitrogens is 2. The largest absolute Gasteiger partial charge is 0.497 e. The summed E-state index contributed by atoms with van der Waals surface area (Å²) in [5.74, 6) is 0.175. The van der Waals surface area contributed by atoms with E-state index in [0.717, 1.165) is 5.56 Å². The molecule has 0 radical (unpaired) electrons. The highest BCUT2D eigenvalue weighted by atomic mass is 31.2. The number of aromatic amines is 1. The van der Waals surface area contributed by atoms with Crippen molar-refractivity contribution in [2.75, 3.05) is 27.4 Å². The van der Waals surface area contributed by atoms with Gasteiger partial charge in [-0.2, -0.15) is 5.26 Å². The second-order valence-corrected chi connectivity index (χ2v) is 17.8. The number of rotatable bonds is 19. The number of ether oxygens (including phenoxy) is 4. The van der Waals surface area contributed by atoms with Crippen LogP contribution in [-0.4, -0.2) is 88.7 Å². The number of benzene rings is 4. The fourth-order valence-corrected chi connectivity index (χ4v) is 10.3. The fraction of sp³-hybridized carbons (Fsp3) is 0.367. The van der Waals surface area contributed by atoms with Crippen LogP contribution in [0.4, 0.5) is 0 Å². The number of nitrogens with one attached hydrogen (secondary N) is 1. The van der Waals surface area contributed by atoms with Crippen LogP contribution in [0.3, 0.4) is 0 Å². The predicted octanol–water partition coefficient (Wildman–Crippen LogP) is 7.48. The maximum absolute atomic E-state index is 14.5. The summed E-state index contributed by atoms with van der Waals surface area (Å²) >= 11 is 0. The van der Waals surface area contributed by atoms with Crippen LogP contribution in [0.25, 0.3) is 0 Å². The lowest BCUT2D eigenvalue weighted by molar-refractivity contribution is -0.147. The molecule has 65 heavy (non-hydrogen) atoms. The van der Waals surface area contributed by atoms with Crippen molar-refractivity contribution in [1.29, 1.82) is 5.26 Å². The second-order valence-electron chi connectivity index (χ2n) is 16.4. The second kappa shape index (κ2) is 20.5. The molecule has 1 N–H and O–H groups in total. The zero-order valence-electron chi connectivity index (χ0n) is 37.5. The lowest BCUT2D eigenvalue weighted by Gasteiger charge is -2.42. The minimum atomic E-state index is -1.86. The van der Waals surface area contributed by atoms with Crippen molar-refractivity contribution in [2.45, 2.75) is 89.6 Å². The van der Waals surface area contributed by atoms with Crippen LogP contribution in [0.1, 0.15) is 89.7 Å². The molecule has 1 saturated heterocycles. The molecule has 5 atom stereocenters. The van der Waals surface area contributed by atoms with Crippen molar-refractivity contribution < 1.29 is 37.6 Å². The molecule has 0 saturated carbocycles.